The van der Waals surface area contributed by atoms with E-state index in [0.717, 1.165) is 21.8 Å². The SMILES string of the molecule is CSc1cccc(NC(=S)Nc2ccccc2SCc2noc(-c3ccc(Cl)cc3)n2)c1. The number of thiocarbonyl (C=S) groups is 1. The number of benzene rings is 3. The molecule has 3 aromatic carbocycles. The summed E-state index contributed by atoms with van der Waals surface area (Å²) in [5, 5.41) is 11.8. The van der Waals surface area contributed by atoms with Gasteiger partial charge in [0.1, 0.15) is 0 Å². The first-order chi connectivity index (χ1) is 15.6. The van der Waals surface area contributed by atoms with Crippen molar-refractivity contribution in [3.63, 3.8) is 0 Å². The number of nitrogens with one attached hydrogen (secondary N) is 2. The zero-order chi connectivity index (χ0) is 22.3. The van der Waals surface area contributed by atoms with Gasteiger partial charge in [-0.25, -0.2) is 0 Å². The predicted molar refractivity (Wildman–Crippen MR) is 139 cm³/mol. The standard InChI is InChI=1S/C23H19ClN4OS3/c1-31-18-6-4-5-17(13-18)25-23(30)26-19-7-2-3-8-20(19)32-14-21-27-22(29-28-21)15-9-11-16(24)12-10-15/h2-13H,14H2,1H3,(H2,25,26,30). The number of hydrogen-bond acceptors (Lipinski definition) is 6. The number of rotatable bonds is 7. The second-order valence-electron chi connectivity index (χ2n) is 6.62. The summed E-state index contributed by atoms with van der Waals surface area (Å²) in [4.78, 5) is 6.69. The molecule has 0 atom stereocenters. The maximum Gasteiger partial charge on any atom is 0.257 e. The zero-order valence-corrected chi connectivity index (χ0v) is 20.2. The molecule has 0 spiro atoms. The fraction of sp³-hybridized carbons (Fsp3) is 0.0870. The van der Waals surface area contributed by atoms with Gasteiger partial charge >= 0.3 is 0 Å². The third-order valence-electron chi connectivity index (χ3n) is 4.38. The molecule has 0 bridgehead atoms. The van der Waals surface area contributed by atoms with E-state index in [1.807, 2.05) is 54.8 Å². The van der Waals surface area contributed by atoms with Crippen molar-refractivity contribution in [2.75, 3.05) is 16.9 Å². The molecule has 0 aliphatic heterocycles. The van der Waals surface area contributed by atoms with E-state index in [-0.39, 0.29) is 0 Å². The predicted octanol–water partition coefficient (Wildman–Crippen LogP) is 7.21. The Morgan fingerprint density at radius 2 is 1.84 bits per heavy atom. The lowest BCUT2D eigenvalue weighted by Crippen LogP contribution is -2.19. The monoisotopic (exact) mass is 498 g/mol. The Bertz CT molecular complexity index is 1210. The molecule has 0 fully saturated rings. The molecule has 4 aromatic rings. The molecule has 0 amide bonds. The Morgan fingerprint density at radius 3 is 2.66 bits per heavy atom. The van der Waals surface area contributed by atoms with Crippen molar-refractivity contribution in [3.8, 4) is 11.5 Å². The lowest BCUT2D eigenvalue weighted by Gasteiger charge is -2.14. The molecule has 1 heterocycles. The van der Waals surface area contributed by atoms with Gasteiger partial charge in [0.25, 0.3) is 5.89 Å². The van der Waals surface area contributed by atoms with Gasteiger partial charge < -0.3 is 15.2 Å². The van der Waals surface area contributed by atoms with Crippen molar-refractivity contribution >= 4 is 63.8 Å². The van der Waals surface area contributed by atoms with Crippen LogP contribution in [0.5, 0.6) is 0 Å². The summed E-state index contributed by atoms with van der Waals surface area (Å²) in [6.45, 7) is 0. The Labute approximate surface area is 205 Å². The summed E-state index contributed by atoms with van der Waals surface area (Å²) in [6.07, 6.45) is 2.05. The van der Waals surface area contributed by atoms with Crippen LogP contribution in [0.15, 0.2) is 87.1 Å². The van der Waals surface area contributed by atoms with Crippen molar-refractivity contribution in [2.45, 2.75) is 15.5 Å². The molecule has 162 valence electrons. The minimum absolute atomic E-state index is 0.474. The van der Waals surface area contributed by atoms with Gasteiger partial charge in [-0.15, -0.1) is 23.5 Å². The molecule has 0 saturated carbocycles. The average molecular weight is 499 g/mol. The van der Waals surface area contributed by atoms with Crippen molar-refractivity contribution in [3.05, 3.63) is 83.6 Å². The molecular weight excluding hydrogens is 480 g/mol. The normalized spacial score (nSPS) is 10.7. The zero-order valence-electron chi connectivity index (χ0n) is 17.0. The Hall–Kier alpha value is -2.52. The van der Waals surface area contributed by atoms with Crippen molar-refractivity contribution < 1.29 is 4.52 Å². The summed E-state index contributed by atoms with van der Waals surface area (Å²) in [5.41, 5.74) is 2.70. The van der Waals surface area contributed by atoms with E-state index in [4.69, 9.17) is 28.3 Å². The van der Waals surface area contributed by atoms with Gasteiger partial charge in [0, 0.05) is 26.1 Å². The average Bonchev–Trinajstić information content (AvgIpc) is 3.28. The number of halogens is 1. The molecule has 9 heteroatoms. The third kappa shape index (κ3) is 6.04. The van der Waals surface area contributed by atoms with E-state index in [0.29, 0.717) is 27.6 Å². The second-order valence-corrected chi connectivity index (χ2v) is 9.36. The summed E-state index contributed by atoms with van der Waals surface area (Å²) in [5.74, 6) is 1.65. The van der Waals surface area contributed by atoms with Crippen molar-refractivity contribution in [2.24, 2.45) is 0 Å². The van der Waals surface area contributed by atoms with Gasteiger partial charge in [-0.1, -0.05) is 35.0 Å². The van der Waals surface area contributed by atoms with Gasteiger partial charge in [-0.2, -0.15) is 4.98 Å². The number of nitrogens with zero attached hydrogens (tertiary/aromatic N) is 2. The van der Waals surface area contributed by atoms with E-state index in [9.17, 15) is 0 Å². The molecule has 0 radical (unpaired) electrons. The van der Waals surface area contributed by atoms with Crippen LogP contribution >= 0.6 is 47.3 Å². The summed E-state index contributed by atoms with van der Waals surface area (Å²) >= 11 is 14.8. The van der Waals surface area contributed by atoms with Crippen LogP contribution in [0.1, 0.15) is 5.82 Å². The van der Waals surface area contributed by atoms with Crippen LogP contribution in [-0.2, 0) is 5.75 Å². The van der Waals surface area contributed by atoms with Crippen molar-refractivity contribution in [1.29, 1.82) is 0 Å². The quantitative estimate of drug-likeness (QED) is 0.204. The third-order valence-corrected chi connectivity index (χ3v) is 6.63. The molecule has 4 rings (SSSR count). The number of hydrogen-bond donors (Lipinski definition) is 2. The van der Waals surface area contributed by atoms with E-state index < -0.39 is 0 Å². The lowest BCUT2D eigenvalue weighted by atomic mass is 10.2. The van der Waals surface area contributed by atoms with Crippen LogP contribution in [0.3, 0.4) is 0 Å². The van der Waals surface area contributed by atoms with Crippen LogP contribution < -0.4 is 10.6 Å². The number of para-hydroxylation sites is 1. The molecule has 32 heavy (non-hydrogen) atoms. The molecule has 0 saturated heterocycles. The van der Waals surface area contributed by atoms with E-state index in [1.165, 1.54) is 4.90 Å². The van der Waals surface area contributed by atoms with Gasteiger partial charge in [-0.05, 0) is 73.1 Å². The van der Waals surface area contributed by atoms with Gasteiger partial charge in [0.2, 0.25) is 0 Å². The summed E-state index contributed by atoms with van der Waals surface area (Å²) in [6, 6.07) is 23.4. The fourth-order valence-corrected chi connectivity index (χ4v) is 4.51. The molecular formula is C23H19ClN4OS3. The summed E-state index contributed by atoms with van der Waals surface area (Å²) in [7, 11) is 0. The van der Waals surface area contributed by atoms with Gasteiger partial charge in [-0.3, -0.25) is 0 Å². The van der Waals surface area contributed by atoms with E-state index >= 15 is 0 Å². The number of anilines is 2. The molecule has 5 nitrogen and oxygen atoms in total. The van der Waals surface area contributed by atoms with Crippen molar-refractivity contribution in [1.82, 2.24) is 10.1 Å². The first kappa shape index (κ1) is 22.7. The minimum atomic E-state index is 0.474. The van der Waals surface area contributed by atoms with Crippen LogP contribution in [0.4, 0.5) is 11.4 Å². The van der Waals surface area contributed by atoms with E-state index in [1.54, 1.807) is 35.7 Å². The molecule has 1 aromatic heterocycles. The molecule has 0 aliphatic carbocycles. The Balaban J connectivity index is 1.39. The largest absolute Gasteiger partial charge is 0.334 e. The van der Waals surface area contributed by atoms with Crippen LogP contribution in [0.2, 0.25) is 5.02 Å². The Kier molecular flexibility index (Phi) is 7.70. The highest BCUT2D eigenvalue weighted by Gasteiger charge is 2.11. The first-order valence-electron chi connectivity index (χ1n) is 9.63. The van der Waals surface area contributed by atoms with Crippen LogP contribution in [0.25, 0.3) is 11.5 Å². The first-order valence-corrected chi connectivity index (χ1v) is 12.6. The maximum absolute atomic E-state index is 5.94. The maximum atomic E-state index is 5.94. The highest BCUT2D eigenvalue weighted by atomic mass is 35.5. The Morgan fingerprint density at radius 1 is 1.03 bits per heavy atom. The molecule has 0 unspecified atom stereocenters. The number of aromatic nitrogens is 2. The highest BCUT2D eigenvalue weighted by Crippen LogP contribution is 2.30. The van der Waals surface area contributed by atoms with E-state index in [2.05, 4.69) is 32.9 Å². The fourth-order valence-electron chi connectivity index (χ4n) is 2.85. The molecule has 2 N–H and O–H groups in total. The smallest absolute Gasteiger partial charge is 0.257 e. The van der Waals surface area contributed by atoms with Gasteiger partial charge in [0.15, 0.2) is 10.9 Å². The van der Waals surface area contributed by atoms with Gasteiger partial charge in [0.05, 0.1) is 11.4 Å². The second kappa shape index (κ2) is 10.9. The topological polar surface area (TPSA) is 63.0 Å². The summed E-state index contributed by atoms with van der Waals surface area (Å²) < 4.78 is 5.39. The highest BCUT2D eigenvalue weighted by molar-refractivity contribution is 7.98. The number of thioether (sulfide) groups is 2. The van der Waals surface area contributed by atoms with Crippen LogP contribution in [0, 0.1) is 0 Å². The van der Waals surface area contributed by atoms with Crippen LogP contribution in [-0.4, -0.2) is 21.5 Å². The minimum Gasteiger partial charge on any atom is -0.334 e. The molecule has 0 aliphatic rings. The lowest BCUT2D eigenvalue weighted by molar-refractivity contribution is 0.425.